The summed E-state index contributed by atoms with van der Waals surface area (Å²) in [6.07, 6.45) is 8.01. The zero-order valence-electron chi connectivity index (χ0n) is 16.2. The van der Waals surface area contributed by atoms with Gasteiger partial charge < -0.3 is 15.4 Å². The molecule has 0 aromatic rings. The summed E-state index contributed by atoms with van der Waals surface area (Å²) in [6, 6.07) is 3.23. The molecule has 2 fully saturated rings. The van der Waals surface area contributed by atoms with E-state index in [-0.39, 0.29) is 12.1 Å². The molecule has 0 heterocycles. The van der Waals surface area contributed by atoms with Crippen molar-refractivity contribution < 1.29 is 19.1 Å². The molecule has 2 aliphatic rings. The largest absolute Gasteiger partial charge is 0.437 e. The number of nitrogens with zero attached hydrogens (tertiary/aromatic N) is 2. The molecule has 2 amide bonds. The van der Waals surface area contributed by atoms with Crippen molar-refractivity contribution in [1.82, 2.24) is 10.6 Å². The predicted octanol–water partition coefficient (Wildman–Crippen LogP) is 1.99. The van der Waals surface area contributed by atoms with Crippen molar-refractivity contribution in [3.8, 4) is 12.1 Å². The minimum Gasteiger partial charge on any atom is -0.437 e. The number of hydrogen-bond acceptors (Lipinski definition) is 6. The van der Waals surface area contributed by atoms with Crippen LogP contribution in [0, 0.1) is 22.7 Å². The Morgan fingerprint density at radius 2 is 1.29 bits per heavy atom. The Morgan fingerprint density at radius 1 is 0.821 bits per heavy atom. The summed E-state index contributed by atoms with van der Waals surface area (Å²) in [4.78, 5) is 38.1. The van der Waals surface area contributed by atoms with Gasteiger partial charge in [0.05, 0.1) is 18.6 Å². The first-order valence-electron chi connectivity index (χ1n) is 10.1. The van der Waals surface area contributed by atoms with Crippen molar-refractivity contribution >= 4 is 17.8 Å². The first kappa shape index (κ1) is 21.7. The molecule has 0 saturated heterocycles. The fourth-order valence-corrected chi connectivity index (χ4v) is 3.90. The van der Waals surface area contributed by atoms with Crippen LogP contribution in [-0.4, -0.2) is 35.5 Å². The molecule has 0 aromatic carbocycles. The Hall–Kier alpha value is -2.61. The molecule has 0 bridgehead atoms. The normalized spacial score (nSPS) is 18.4. The van der Waals surface area contributed by atoms with Gasteiger partial charge >= 0.3 is 5.97 Å². The lowest BCUT2D eigenvalue weighted by Crippen LogP contribution is -2.62. The summed E-state index contributed by atoms with van der Waals surface area (Å²) in [6.45, 7) is 0. The molecule has 28 heavy (non-hydrogen) atoms. The van der Waals surface area contributed by atoms with Gasteiger partial charge in [-0.05, 0) is 25.7 Å². The van der Waals surface area contributed by atoms with E-state index in [9.17, 15) is 19.6 Å². The fraction of sp³-hybridized carbons (Fsp3) is 0.750. The lowest BCUT2D eigenvalue weighted by Gasteiger charge is -2.33. The highest BCUT2D eigenvalue weighted by molar-refractivity contribution is 6.10. The van der Waals surface area contributed by atoms with E-state index in [2.05, 4.69) is 10.6 Å². The molecule has 8 nitrogen and oxygen atoms in total. The minimum atomic E-state index is -2.27. The number of carbonyl (C=O) groups excluding carboxylic acids is 3. The standard InChI is InChI=1S/C20H28N4O4/c21-13-11-17(25)28-20(12-14-22,18(26)23-15-7-3-1-4-8-15)19(27)24-16-9-5-2-6-10-16/h15-16H,1-12H2,(H,23,26)(H,24,27). The first-order valence-corrected chi connectivity index (χ1v) is 10.1. The van der Waals surface area contributed by atoms with Crippen LogP contribution in [0.5, 0.6) is 0 Å². The van der Waals surface area contributed by atoms with Crippen molar-refractivity contribution in [1.29, 1.82) is 10.5 Å². The number of nitriles is 2. The van der Waals surface area contributed by atoms with Crippen LogP contribution in [0.25, 0.3) is 0 Å². The van der Waals surface area contributed by atoms with Crippen LogP contribution >= 0.6 is 0 Å². The van der Waals surface area contributed by atoms with Gasteiger partial charge in [0, 0.05) is 12.1 Å². The Morgan fingerprint density at radius 3 is 1.68 bits per heavy atom. The second-order valence-corrected chi connectivity index (χ2v) is 7.59. The molecule has 0 unspecified atom stereocenters. The summed E-state index contributed by atoms with van der Waals surface area (Å²) >= 11 is 0. The first-order chi connectivity index (χ1) is 13.5. The maximum Gasteiger partial charge on any atom is 0.321 e. The Labute approximate surface area is 165 Å². The summed E-state index contributed by atoms with van der Waals surface area (Å²) in [5, 5.41) is 23.6. The molecule has 2 saturated carbocycles. The van der Waals surface area contributed by atoms with E-state index in [1.54, 1.807) is 6.07 Å². The predicted molar refractivity (Wildman–Crippen MR) is 99.3 cm³/mol. The molecule has 152 valence electrons. The topological polar surface area (TPSA) is 132 Å². The second kappa shape index (κ2) is 10.7. The third-order valence-corrected chi connectivity index (χ3v) is 5.45. The Balaban J connectivity index is 2.22. The van der Waals surface area contributed by atoms with Crippen LogP contribution in [0.2, 0.25) is 0 Å². The van der Waals surface area contributed by atoms with Gasteiger partial charge in [0.1, 0.15) is 6.42 Å². The molecule has 2 N–H and O–H groups in total. The van der Waals surface area contributed by atoms with E-state index in [4.69, 9.17) is 10.00 Å². The fourth-order valence-electron chi connectivity index (χ4n) is 3.90. The molecule has 0 radical (unpaired) electrons. The zero-order valence-corrected chi connectivity index (χ0v) is 16.2. The maximum absolute atomic E-state index is 13.1. The smallest absolute Gasteiger partial charge is 0.321 e. The van der Waals surface area contributed by atoms with E-state index < -0.39 is 36.2 Å². The molecule has 0 aromatic heterocycles. The highest BCUT2D eigenvalue weighted by atomic mass is 16.6. The Kier molecular flexibility index (Phi) is 8.25. The van der Waals surface area contributed by atoms with Crippen LogP contribution in [0.15, 0.2) is 0 Å². The lowest BCUT2D eigenvalue weighted by molar-refractivity contribution is -0.175. The van der Waals surface area contributed by atoms with Crippen molar-refractivity contribution in [2.45, 2.75) is 94.7 Å². The van der Waals surface area contributed by atoms with Gasteiger partial charge in [-0.1, -0.05) is 38.5 Å². The summed E-state index contributed by atoms with van der Waals surface area (Å²) in [7, 11) is 0. The third-order valence-electron chi connectivity index (χ3n) is 5.45. The van der Waals surface area contributed by atoms with Gasteiger partial charge in [0.2, 0.25) is 0 Å². The van der Waals surface area contributed by atoms with Gasteiger partial charge in [-0.2, -0.15) is 10.5 Å². The van der Waals surface area contributed by atoms with Crippen LogP contribution in [0.1, 0.15) is 77.0 Å². The summed E-state index contributed by atoms with van der Waals surface area (Å²) in [5.41, 5.74) is -2.27. The van der Waals surface area contributed by atoms with Gasteiger partial charge in [-0.3, -0.25) is 14.4 Å². The van der Waals surface area contributed by atoms with Crippen LogP contribution < -0.4 is 10.6 Å². The minimum absolute atomic E-state index is 0.114. The SMILES string of the molecule is N#CCC(=O)OC(CC#N)(C(=O)NC1CCCCC1)C(=O)NC1CCCCC1. The molecular weight excluding hydrogens is 360 g/mol. The lowest BCUT2D eigenvalue weighted by atomic mass is 9.91. The van der Waals surface area contributed by atoms with Gasteiger partial charge in [0.25, 0.3) is 17.4 Å². The number of rotatable bonds is 7. The highest BCUT2D eigenvalue weighted by Crippen LogP contribution is 2.24. The van der Waals surface area contributed by atoms with Crippen LogP contribution in [-0.2, 0) is 19.1 Å². The molecule has 0 atom stereocenters. The number of amides is 2. The van der Waals surface area contributed by atoms with Gasteiger partial charge in [-0.25, -0.2) is 0 Å². The summed E-state index contributed by atoms with van der Waals surface area (Å²) in [5.74, 6) is -2.54. The Bertz CT molecular complexity index is 620. The van der Waals surface area contributed by atoms with Gasteiger partial charge in [0.15, 0.2) is 0 Å². The van der Waals surface area contributed by atoms with E-state index in [1.807, 2.05) is 6.07 Å². The third kappa shape index (κ3) is 5.69. The highest BCUT2D eigenvalue weighted by Gasteiger charge is 2.51. The van der Waals surface area contributed by atoms with Crippen molar-refractivity contribution in [3.05, 3.63) is 0 Å². The quantitative estimate of drug-likeness (QED) is 0.506. The van der Waals surface area contributed by atoms with Crippen molar-refractivity contribution in [2.75, 3.05) is 0 Å². The second-order valence-electron chi connectivity index (χ2n) is 7.59. The van der Waals surface area contributed by atoms with Crippen LogP contribution in [0.3, 0.4) is 0 Å². The molecule has 2 rings (SSSR count). The number of hydrogen-bond donors (Lipinski definition) is 2. The molecule has 8 heteroatoms. The summed E-state index contributed by atoms with van der Waals surface area (Å²) < 4.78 is 5.22. The number of carbonyl (C=O) groups is 3. The monoisotopic (exact) mass is 388 g/mol. The average molecular weight is 388 g/mol. The van der Waals surface area contributed by atoms with Crippen LogP contribution in [0.4, 0.5) is 0 Å². The zero-order chi connectivity index (χ0) is 20.4. The van der Waals surface area contributed by atoms with E-state index in [1.165, 1.54) is 0 Å². The van der Waals surface area contributed by atoms with Crippen molar-refractivity contribution in [3.63, 3.8) is 0 Å². The molecule has 0 spiro atoms. The molecule has 2 aliphatic carbocycles. The molecular formula is C20H28N4O4. The van der Waals surface area contributed by atoms with E-state index >= 15 is 0 Å². The molecule has 0 aliphatic heterocycles. The number of ether oxygens (including phenoxy) is 1. The van der Waals surface area contributed by atoms with E-state index in [0.29, 0.717) is 0 Å². The number of esters is 1. The average Bonchev–Trinajstić information content (AvgIpc) is 2.69. The van der Waals surface area contributed by atoms with E-state index in [0.717, 1.165) is 64.2 Å². The van der Waals surface area contributed by atoms with Gasteiger partial charge in [-0.15, -0.1) is 0 Å². The van der Waals surface area contributed by atoms with Crippen molar-refractivity contribution in [2.24, 2.45) is 0 Å². The maximum atomic E-state index is 13.1. The number of nitrogens with one attached hydrogen (secondary N) is 2.